The number of aliphatic hydroxyl groups excluding tert-OH is 1. The van der Waals surface area contributed by atoms with Crippen LogP contribution in [0.15, 0.2) is 66.7 Å². The van der Waals surface area contributed by atoms with Gasteiger partial charge in [-0.2, -0.15) is 0 Å². The largest absolute Gasteiger partial charge is 0.488 e. The molecule has 2 heteroatoms. The zero-order valence-corrected chi connectivity index (χ0v) is 14.1. The highest BCUT2D eigenvalue weighted by molar-refractivity contribution is 5.67. The summed E-state index contributed by atoms with van der Waals surface area (Å²) in [5, 5.41) is 9.16. The van der Waals surface area contributed by atoms with Gasteiger partial charge in [0.25, 0.3) is 0 Å². The summed E-state index contributed by atoms with van der Waals surface area (Å²) in [6, 6.07) is 22.5. The summed E-state index contributed by atoms with van der Waals surface area (Å²) in [6.45, 7) is 4.81. The molecule has 24 heavy (non-hydrogen) atoms. The van der Waals surface area contributed by atoms with Gasteiger partial charge < -0.3 is 9.84 Å². The van der Waals surface area contributed by atoms with Crippen LogP contribution >= 0.6 is 0 Å². The molecule has 0 saturated heterocycles. The summed E-state index contributed by atoms with van der Waals surface area (Å²) in [5.41, 5.74) is 6.67. The molecule has 0 heterocycles. The average molecular weight is 318 g/mol. The minimum Gasteiger partial charge on any atom is -0.488 e. The number of aryl methyl sites for hydroxylation is 2. The molecule has 3 aromatic rings. The zero-order valence-electron chi connectivity index (χ0n) is 14.1. The van der Waals surface area contributed by atoms with Gasteiger partial charge in [-0.05, 0) is 59.4 Å². The molecule has 3 rings (SSSR count). The summed E-state index contributed by atoms with van der Waals surface area (Å²) in [4.78, 5) is 0. The van der Waals surface area contributed by atoms with E-state index in [-0.39, 0.29) is 6.61 Å². The highest BCUT2D eigenvalue weighted by Gasteiger charge is 2.08. The quantitative estimate of drug-likeness (QED) is 0.714. The first-order chi connectivity index (χ1) is 11.7. The van der Waals surface area contributed by atoms with Crippen LogP contribution in [0.5, 0.6) is 5.75 Å². The van der Waals surface area contributed by atoms with Crippen LogP contribution in [0.3, 0.4) is 0 Å². The second-order valence-corrected chi connectivity index (χ2v) is 6.07. The Bertz CT molecular complexity index is 782. The molecule has 0 fully saturated rings. The van der Waals surface area contributed by atoms with E-state index in [1.165, 1.54) is 11.1 Å². The smallest absolute Gasteiger partial charge is 0.125 e. The Morgan fingerprint density at radius 3 is 1.96 bits per heavy atom. The molecule has 0 unspecified atom stereocenters. The first-order valence-corrected chi connectivity index (χ1v) is 8.15. The maximum absolute atomic E-state index is 9.16. The first-order valence-electron chi connectivity index (χ1n) is 8.15. The molecule has 0 atom stereocenters. The van der Waals surface area contributed by atoms with Crippen molar-refractivity contribution in [1.82, 2.24) is 0 Å². The monoisotopic (exact) mass is 318 g/mol. The predicted molar refractivity (Wildman–Crippen MR) is 98.0 cm³/mol. The number of hydrogen-bond donors (Lipinski definition) is 1. The lowest BCUT2D eigenvalue weighted by Gasteiger charge is -2.14. The van der Waals surface area contributed by atoms with Gasteiger partial charge in [-0.25, -0.2) is 0 Å². The fourth-order valence-electron chi connectivity index (χ4n) is 2.88. The number of hydrogen-bond acceptors (Lipinski definition) is 2. The van der Waals surface area contributed by atoms with E-state index in [0.29, 0.717) is 6.61 Å². The zero-order chi connectivity index (χ0) is 16.9. The number of rotatable bonds is 5. The highest BCUT2D eigenvalue weighted by Crippen LogP contribution is 2.31. The Labute approximate surface area is 143 Å². The van der Waals surface area contributed by atoms with Gasteiger partial charge in [0.2, 0.25) is 0 Å². The number of benzene rings is 3. The second kappa shape index (κ2) is 7.33. The predicted octanol–water partition coefficient (Wildman–Crippen LogP) is 5.04. The van der Waals surface area contributed by atoms with Gasteiger partial charge >= 0.3 is 0 Å². The topological polar surface area (TPSA) is 29.5 Å². The minimum atomic E-state index is 0.0740. The molecule has 2 nitrogen and oxygen atoms in total. The fraction of sp³-hybridized carbons (Fsp3) is 0.182. The molecular weight excluding hydrogens is 296 g/mol. The molecule has 0 radical (unpaired) electrons. The van der Waals surface area contributed by atoms with Crippen molar-refractivity contribution >= 4 is 0 Å². The molecule has 0 saturated carbocycles. The van der Waals surface area contributed by atoms with E-state index in [1.54, 1.807) is 0 Å². The molecule has 0 aliphatic carbocycles. The van der Waals surface area contributed by atoms with E-state index < -0.39 is 0 Å². The van der Waals surface area contributed by atoms with Gasteiger partial charge in [-0.3, -0.25) is 0 Å². The summed E-state index contributed by atoms with van der Waals surface area (Å²) in [5.74, 6) is 0.953. The molecule has 0 aliphatic rings. The number of ether oxygens (including phenoxy) is 1. The van der Waals surface area contributed by atoms with Crippen LogP contribution in [0.2, 0.25) is 0 Å². The maximum Gasteiger partial charge on any atom is 0.125 e. The van der Waals surface area contributed by atoms with Crippen molar-refractivity contribution in [3.05, 3.63) is 89.0 Å². The van der Waals surface area contributed by atoms with Crippen molar-refractivity contribution in [2.75, 3.05) is 0 Å². The number of aliphatic hydroxyl groups is 1. The fourth-order valence-corrected chi connectivity index (χ4v) is 2.88. The van der Waals surface area contributed by atoms with Gasteiger partial charge in [-0.1, -0.05) is 54.6 Å². The molecular formula is C22H22O2. The van der Waals surface area contributed by atoms with Crippen molar-refractivity contribution in [3.8, 4) is 16.9 Å². The van der Waals surface area contributed by atoms with Gasteiger partial charge in [0, 0.05) is 0 Å². The van der Waals surface area contributed by atoms with Gasteiger partial charge in [-0.15, -0.1) is 0 Å². The van der Waals surface area contributed by atoms with Crippen LogP contribution in [0.1, 0.15) is 22.3 Å². The summed E-state index contributed by atoms with van der Waals surface area (Å²) in [6.07, 6.45) is 0. The molecule has 0 aromatic heterocycles. The highest BCUT2D eigenvalue weighted by atomic mass is 16.5. The molecule has 0 bridgehead atoms. The van der Waals surface area contributed by atoms with Gasteiger partial charge in [0.1, 0.15) is 12.4 Å². The average Bonchev–Trinajstić information content (AvgIpc) is 2.62. The summed E-state index contributed by atoms with van der Waals surface area (Å²) in [7, 11) is 0. The van der Waals surface area contributed by atoms with E-state index in [1.807, 2.05) is 42.5 Å². The normalized spacial score (nSPS) is 10.6. The van der Waals surface area contributed by atoms with E-state index >= 15 is 0 Å². The van der Waals surface area contributed by atoms with Crippen LogP contribution in [0, 0.1) is 13.8 Å². The van der Waals surface area contributed by atoms with E-state index in [9.17, 15) is 0 Å². The molecule has 0 spiro atoms. The lowest BCUT2D eigenvalue weighted by molar-refractivity contribution is 0.282. The summed E-state index contributed by atoms with van der Waals surface area (Å²) < 4.78 is 6.05. The Hall–Kier alpha value is -2.58. The molecule has 0 amide bonds. The van der Waals surface area contributed by atoms with Crippen molar-refractivity contribution in [1.29, 1.82) is 0 Å². The molecule has 122 valence electrons. The van der Waals surface area contributed by atoms with Crippen LogP contribution in [-0.4, -0.2) is 5.11 Å². The van der Waals surface area contributed by atoms with E-state index in [2.05, 4.69) is 38.1 Å². The summed E-state index contributed by atoms with van der Waals surface area (Å²) >= 11 is 0. The Morgan fingerprint density at radius 2 is 1.38 bits per heavy atom. The van der Waals surface area contributed by atoms with Crippen LogP contribution in [0.4, 0.5) is 0 Å². The van der Waals surface area contributed by atoms with Crippen LogP contribution in [0.25, 0.3) is 11.1 Å². The van der Waals surface area contributed by atoms with Crippen LogP contribution < -0.4 is 4.74 Å². The molecule has 0 aliphatic heterocycles. The maximum atomic E-state index is 9.16. The third kappa shape index (κ3) is 3.66. The van der Waals surface area contributed by atoms with E-state index in [4.69, 9.17) is 9.84 Å². The van der Waals surface area contributed by atoms with Crippen molar-refractivity contribution in [2.24, 2.45) is 0 Å². The van der Waals surface area contributed by atoms with Crippen molar-refractivity contribution < 1.29 is 9.84 Å². The van der Waals surface area contributed by atoms with Crippen LogP contribution in [-0.2, 0) is 13.2 Å². The van der Waals surface area contributed by atoms with E-state index in [0.717, 1.165) is 28.0 Å². The molecule has 1 N–H and O–H groups in total. The van der Waals surface area contributed by atoms with Gasteiger partial charge in [0.15, 0.2) is 0 Å². The SMILES string of the molecule is Cc1cc(-c2ccc(CO)cc2)cc(C)c1OCc1ccccc1. The Morgan fingerprint density at radius 1 is 0.750 bits per heavy atom. The lowest BCUT2D eigenvalue weighted by atomic mass is 9.99. The van der Waals surface area contributed by atoms with Crippen molar-refractivity contribution in [2.45, 2.75) is 27.1 Å². The first kappa shape index (κ1) is 16.3. The third-order valence-corrected chi connectivity index (χ3v) is 4.16. The van der Waals surface area contributed by atoms with Crippen molar-refractivity contribution in [3.63, 3.8) is 0 Å². The third-order valence-electron chi connectivity index (χ3n) is 4.16. The second-order valence-electron chi connectivity index (χ2n) is 6.07. The standard InChI is InChI=1S/C22H22O2/c1-16-12-21(20-10-8-18(14-23)9-11-20)13-17(2)22(16)24-15-19-6-4-3-5-7-19/h3-13,23H,14-15H2,1-2H3. The van der Waals surface area contributed by atoms with Gasteiger partial charge in [0.05, 0.1) is 6.61 Å². The Kier molecular flexibility index (Phi) is 4.97. The minimum absolute atomic E-state index is 0.0740. The molecule has 3 aromatic carbocycles. The Balaban J connectivity index is 1.82. The lowest BCUT2D eigenvalue weighted by Crippen LogP contribution is -1.99.